The van der Waals surface area contributed by atoms with Crippen LogP contribution in [-0.2, 0) is 0 Å². The molecule has 0 aromatic heterocycles. The third kappa shape index (κ3) is 5.41. The van der Waals surface area contributed by atoms with E-state index >= 15 is 0 Å². The summed E-state index contributed by atoms with van der Waals surface area (Å²) in [7, 11) is 0. The van der Waals surface area contributed by atoms with Crippen LogP contribution in [0.5, 0.6) is 23.0 Å². The van der Waals surface area contributed by atoms with Crippen LogP contribution in [0.3, 0.4) is 0 Å². The molecule has 0 heterocycles. The molecule has 0 aliphatic rings. The number of benzene rings is 5. The Labute approximate surface area is 260 Å². The van der Waals surface area contributed by atoms with Gasteiger partial charge in [-0.3, -0.25) is 0 Å². The lowest BCUT2D eigenvalue weighted by atomic mass is 9.71. The van der Waals surface area contributed by atoms with E-state index in [4.69, 9.17) is 0 Å². The Kier molecular flexibility index (Phi) is 8.22. The lowest BCUT2D eigenvalue weighted by molar-refractivity contribution is 0.473. The van der Waals surface area contributed by atoms with Gasteiger partial charge in [0.05, 0.1) is 0 Å². The third-order valence-electron chi connectivity index (χ3n) is 9.58. The summed E-state index contributed by atoms with van der Waals surface area (Å²) >= 11 is 0. The molecule has 0 radical (unpaired) electrons. The van der Waals surface area contributed by atoms with Crippen molar-refractivity contribution in [2.75, 3.05) is 0 Å². The van der Waals surface area contributed by atoms with Gasteiger partial charge < -0.3 is 20.4 Å². The van der Waals surface area contributed by atoms with Gasteiger partial charge in [0.2, 0.25) is 0 Å². The molecule has 5 aromatic carbocycles. The Hall–Kier alpha value is -4.70. The smallest absolute Gasteiger partial charge is 0.115 e. The summed E-state index contributed by atoms with van der Waals surface area (Å²) in [6.07, 6.45) is 0. The second-order valence-corrected chi connectivity index (χ2v) is 12.4. The Morgan fingerprint density at radius 3 is 0.727 bits per heavy atom. The fourth-order valence-corrected chi connectivity index (χ4v) is 7.13. The molecule has 0 saturated carbocycles. The van der Waals surface area contributed by atoms with Crippen molar-refractivity contribution in [3.63, 3.8) is 0 Å². The zero-order chi connectivity index (χ0) is 32.0. The van der Waals surface area contributed by atoms with E-state index in [0.717, 1.165) is 44.5 Å². The van der Waals surface area contributed by atoms with Gasteiger partial charge in [-0.05, 0) is 182 Å². The van der Waals surface area contributed by atoms with E-state index in [1.807, 2.05) is 76.2 Å². The number of aryl methyl sites for hydroxylation is 4. The van der Waals surface area contributed by atoms with Gasteiger partial charge in [0.25, 0.3) is 0 Å². The second-order valence-electron chi connectivity index (χ2n) is 12.4. The standard InChI is InChI=1S/C40H42O4/c1-21-17-29(41)9-13-33(21)39(34-14-10-30(42)18-22(34)2)37-25(5)27(7)38(28(8)26(37)6)40(35-15-11-31(43)19-23(35)3)36-16-12-32(44)20-24(36)4/h9-20,39-44H,1-8H3. The van der Waals surface area contributed by atoms with Gasteiger partial charge in [-0.1, -0.05) is 24.3 Å². The third-order valence-corrected chi connectivity index (χ3v) is 9.58. The lowest BCUT2D eigenvalue weighted by Crippen LogP contribution is -2.17. The number of phenolic OH excluding ortho intramolecular Hbond substituents is 4. The highest BCUT2D eigenvalue weighted by Gasteiger charge is 2.31. The van der Waals surface area contributed by atoms with Gasteiger partial charge in [-0.2, -0.15) is 0 Å². The van der Waals surface area contributed by atoms with Gasteiger partial charge in [0.15, 0.2) is 0 Å². The SMILES string of the molecule is Cc1cc(O)ccc1C(c1ccc(O)cc1C)c1c(C)c(C)c(C(c2ccc(O)cc2C)c2ccc(O)cc2C)c(C)c1C. The van der Waals surface area contributed by atoms with Crippen molar-refractivity contribution >= 4 is 0 Å². The van der Waals surface area contributed by atoms with Crippen molar-refractivity contribution in [3.8, 4) is 23.0 Å². The van der Waals surface area contributed by atoms with Crippen LogP contribution in [0, 0.1) is 55.4 Å². The van der Waals surface area contributed by atoms with Gasteiger partial charge in [-0.25, -0.2) is 0 Å². The minimum absolute atomic E-state index is 0.119. The van der Waals surface area contributed by atoms with Crippen molar-refractivity contribution in [1.82, 2.24) is 0 Å². The van der Waals surface area contributed by atoms with Crippen LogP contribution in [0.4, 0.5) is 0 Å². The van der Waals surface area contributed by atoms with E-state index in [9.17, 15) is 20.4 Å². The molecule has 4 nitrogen and oxygen atoms in total. The first-order valence-corrected chi connectivity index (χ1v) is 15.1. The van der Waals surface area contributed by atoms with Crippen LogP contribution in [-0.4, -0.2) is 20.4 Å². The zero-order valence-electron chi connectivity index (χ0n) is 26.9. The molecule has 5 aromatic rings. The van der Waals surface area contributed by atoms with E-state index in [0.29, 0.717) is 0 Å². The molecule has 5 rings (SSSR count). The summed E-state index contributed by atoms with van der Waals surface area (Å²) in [6, 6.07) is 22.3. The summed E-state index contributed by atoms with van der Waals surface area (Å²) in [5, 5.41) is 41.1. The first kappa shape index (κ1) is 30.7. The van der Waals surface area contributed by atoms with Crippen LogP contribution in [0.1, 0.15) is 89.7 Å². The zero-order valence-corrected chi connectivity index (χ0v) is 26.9. The Balaban J connectivity index is 1.85. The van der Waals surface area contributed by atoms with Crippen LogP contribution >= 0.6 is 0 Å². The number of hydrogen-bond donors (Lipinski definition) is 4. The van der Waals surface area contributed by atoms with E-state index < -0.39 is 0 Å². The van der Waals surface area contributed by atoms with Crippen molar-refractivity contribution in [1.29, 1.82) is 0 Å². The maximum absolute atomic E-state index is 10.3. The van der Waals surface area contributed by atoms with Crippen molar-refractivity contribution in [3.05, 3.63) is 151 Å². The normalized spacial score (nSPS) is 11.5. The molecule has 0 unspecified atom stereocenters. The quantitative estimate of drug-likeness (QED) is 0.149. The maximum Gasteiger partial charge on any atom is 0.115 e. The number of aromatic hydroxyl groups is 4. The predicted molar refractivity (Wildman–Crippen MR) is 179 cm³/mol. The van der Waals surface area contributed by atoms with Crippen molar-refractivity contribution < 1.29 is 20.4 Å². The summed E-state index contributed by atoms with van der Waals surface area (Å²) in [6.45, 7) is 16.9. The number of hydrogen-bond acceptors (Lipinski definition) is 4. The van der Waals surface area contributed by atoms with E-state index in [-0.39, 0.29) is 34.8 Å². The summed E-state index contributed by atoms with van der Waals surface area (Å²) < 4.78 is 0. The van der Waals surface area contributed by atoms with Crippen molar-refractivity contribution in [2.24, 2.45) is 0 Å². The fraction of sp³-hybridized carbons (Fsp3) is 0.250. The molecular weight excluding hydrogens is 544 g/mol. The Bertz CT molecular complexity index is 1630. The molecule has 4 N–H and O–H groups in total. The average Bonchev–Trinajstić information content (AvgIpc) is 2.94. The molecule has 0 fully saturated rings. The largest absolute Gasteiger partial charge is 0.508 e. The molecule has 0 aliphatic carbocycles. The monoisotopic (exact) mass is 586 g/mol. The highest BCUT2D eigenvalue weighted by atomic mass is 16.3. The van der Waals surface area contributed by atoms with Crippen LogP contribution in [0.15, 0.2) is 72.8 Å². The van der Waals surface area contributed by atoms with Gasteiger partial charge >= 0.3 is 0 Å². The highest BCUT2D eigenvalue weighted by molar-refractivity contribution is 5.63. The van der Waals surface area contributed by atoms with E-state index in [1.165, 1.54) is 33.4 Å². The van der Waals surface area contributed by atoms with Gasteiger partial charge in [-0.15, -0.1) is 0 Å². The first-order chi connectivity index (χ1) is 20.8. The minimum Gasteiger partial charge on any atom is -0.508 e. The van der Waals surface area contributed by atoms with E-state index in [2.05, 4.69) is 27.7 Å². The Morgan fingerprint density at radius 2 is 0.545 bits per heavy atom. The molecule has 0 saturated heterocycles. The summed E-state index contributed by atoms with van der Waals surface area (Å²) in [5.74, 6) is 0.707. The topological polar surface area (TPSA) is 80.9 Å². The molecule has 4 heteroatoms. The molecule has 0 atom stereocenters. The number of phenols is 4. The fourth-order valence-electron chi connectivity index (χ4n) is 7.13. The van der Waals surface area contributed by atoms with E-state index in [1.54, 1.807) is 24.3 Å². The van der Waals surface area contributed by atoms with Crippen molar-refractivity contribution in [2.45, 2.75) is 67.2 Å². The molecule has 0 bridgehead atoms. The number of rotatable bonds is 6. The molecule has 0 aliphatic heterocycles. The molecule has 44 heavy (non-hydrogen) atoms. The lowest BCUT2D eigenvalue weighted by Gasteiger charge is -2.32. The molecule has 0 amide bonds. The Morgan fingerprint density at radius 1 is 0.341 bits per heavy atom. The van der Waals surface area contributed by atoms with Gasteiger partial charge in [0.1, 0.15) is 23.0 Å². The average molecular weight is 587 g/mol. The molecular formula is C40H42O4. The van der Waals surface area contributed by atoms with Crippen LogP contribution < -0.4 is 0 Å². The first-order valence-electron chi connectivity index (χ1n) is 15.1. The van der Waals surface area contributed by atoms with Crippen LogP contribution in [0.2, 0.25) is 0 Å². The minimum atomic E-state index is -0.119. The summed E-state index contributed by atoms with van der Waals surface area (Å²) in [4.78, 5) is 0. The second kappa shape index (κ2) is 11.8. The summed E-state index contributed by atoms with van der Waals surface area (Å²) in [5.41, 5.74) is 15.6. The predicted octanol–water partition coefficient (Wildman–Crippen LogP) is 9.34. The van der Waals surface area contributed by atoms with Crippen LogP contribution in [0.25, 0.3) is 0 Å². The van der Waals surface area contributed by atoms with Gasteiger partial charge in [0, 0.05) is 11.8 Å². The highest BCUT2D eigenvalue weighted by Crippen LogP contribution is 2.47. The molecule has 0 spiro atoms. The molecule has 226 valence electrons. The maximum atomic E-state index is 10.3.